The summed E-state index contributed by atoms with van der Waals surface area (Å²) in [5.41, 5.74) is 0.720. The molecular weight excluding hydrogens is 242 g/mol. The second-order valence-corrected chi connectivity index (χ2v) is 5.00. The van der Waals surface area contributed by atoms with Gasteiger partial charge in [0.2, 0.25) is 5.91 Å². The Labute approximate surface area is 113 Å². The monoisotopic (exact) mass is 261 g/mol. The minimum Gasteiger partial charge on any atom is -0.478 e. The number of hydrogen-bond donors (Lipinski definition) is 1. The number of carbonyl (C=O) groups excluding carboxylic acids is 1. The zero-order chi connectivity index (χ0) is 13.8. The molecule has 0 radical (unpaired) electrons. The highest BCUT2D eigenvalue weighted by Crippen LogP contribution is 2.29. The molecule has 1 saturated carbocycles. The summed E-state index contributed by atoms with van der Waals surface area (Å²) in [6.07, 6.45) is 5.30. The van der Waals surface area contributed by atoms with Gasteiger partial charge in [-0.3, -0.25) is 4.79 Å². The van der Waals surface area contributed by atoms with E-state index in [1.165, 1.54) is 13.3 Å². The fraction of sp³-hybridized carbons (Fsp3) is 0.467. The van der Waals surface area contributed by atoms with E-state index in [1.54, 1.807) is 29.2 Å². The van der Waals surface area contributed by atoms with Crippen LogP contribution >= 0.6 is 0 Å². The van der Waals surface area contributed by atoms with E-state index in [2.05, 4.69) is 0 Å². The van der Waals surface area contributed by atoms with E-state index in [0.717, 1.165) is 25.7 Å². The van der Waals surface area contributed by atoms with Crippen molar-refractivity contribution in [1.29, 1.82) is 0 Å². The van der Waals surface area contributed by atoms with Gasteiger partial charge >= 0.3 is 5.97 Å². The fourth-order valence-corrected chi connectivity index (χ4v) is 2.83. The summed E-state index contributed by atoms with van der Waals surface area (Å²) in [5, 5.41) is 9.26. The van der Waals surface area contributed by atoms with Crippen LogP contribution in [0.2, 0.25) is 0 Å². The van der Waals surface area contributed by atoms with Crippen LogP contribution in [0.25, 0.3) is 0 Å². The lowest BCUT2D eigenvalue weighted by Crippen LogP contribution is -2.41. The van der Waals surface area contributed by atoms with Crippen molar-refractivity contribution in [2.24, 2.45) is 0 Å². The Morgan fingerprint density at radius 3 is 2.37 bits per heavy atom. The molecule has 1 amide bonds. The van der Waals surface area contributed by atoms with E-state index < -0.39 is 5.97 Å². The summed E-state index contributed by atoms with van der Waals surface area (Å²) < 4.78 is 0. The first-order valence-electron chi connectivity index (χ1n) is 6.73. The van der Waals surface area contributed by atoms with E-state index >= 15 is 0 Å². The Morgan fingerprint density at radius 1 is 1.16 bits per heavy atom. The molecule has 0 spiro atoms. The lowest BCUT2D eigenvalue weighted by molar-refractivity contribution is -0.117. The quantitative estimate of drug-likeness (QED) is 0.909. The molecule has 1 aromatic carbocycles. The first-order chi connectivity index (χ1) is 9.11. The number of aromatic carboxylic acids is 1. The number of anilines is 1. The summed E-state index contributed by atoms with van der Waals surface area (Å²) in [6.45, 7) is 1.51. The van der Waals surface area contributed by atoms with Crippen LogP contribution in [0.5, 0.6) is 0 Å². The molecule has 0 bridgehead atoms. The van der Waals surface area contributed by atoms with Crippen molar-refractivity contribution in [3.05, 3.63) is 29.8 Å². The number of nitrogens with zero attached hydrogens (tertiary/aromatic N) is 1. The second-order valence-electron chi connectivity index (χ2n) is 5.00. The van der Waals surface area contributed by atoms with Gasteiger partial charge in [-0.1, -0.05) is 31.4 Å². The summed E-state index contributed by atoms with van der Waals surface area (Å²) in [6, 6.07) is 6.87. The minimum absolute atomic E-state index is 0.0828. The van der Waals surface area contributed by atoms with Crippen LogP contribution in [0.1, 0.15) is 49.4 Å². The minimum atomic E-state index is -0.988. The van der Waals surface area contributed by atoms with Gasteiger partial charge in [0, 0.05) is 13.0 Å². The van der Waals surface area contributed by atoms with Gasteiger partial charge in [-0.2, -0.15) is 0 Å². The fourth-order valence-electron chi connectivity index (χ4n) is 2.83. The molecule has 0 saturated heterocycles. The molecule has 1 N–H and O–H groups in total. The molecule has 102 valence electrons. The number of benzene rings is 1. The van der Waals surface area contributed by atoms with Crippen molar-refractivity contribution in [2.75, 3.05) is 4.90 Å². The third-order valence-corrected chi connectivity index (χ3v) is 3.67. The SMILES string of the molecule is CC(=O)N(c1ccccc1C(=O)O)C1CCCCC1. The first kappa shape index (κ1) is 13.6. The van der Waals surface area contributed by atoms with Crippen LogP contribution in [-0.2, 0) is 4.79 Å². The average molecular weight is 261 g/mol. The Balaban J connectivity index is 2.38. The number of carboxylic acid groups (broad SMARTS) is 1. The molecular formula is C15H19NO3. The van der Waals surface area contributed by atoms with Crippen molar-refractivity contribution in [3.8, 4) is 0 Å². The molecule has 1 aromatic rings. The van der Waals surface area contributed by atoms with Crippen LogP contribution in [-0.4, -0.2) is 23.0 Å². The summed E-state index contributed by atoms with van der Waals surface area (Å²) >= 11 is 0. The van der Waals surface area contributed by atoms with Crippen molar-refractivity contribution in [1.82, 2.24) is 0 Å². The number of para-hydroxylation sites is 1. The zero-order valence-electron chi connectivity index (χ0n) is 11.1. The number of carboxylic acids is 1. The molecule has 1 aliphatic carbocycles. The summed E-state index contributed by atoms with van der Waals surface area (Å²) in [5.74, 6) is -1.07. The van der Waals surface area contributed by atoms with Crippen molar-refractivity contribution in [3.63, 3.8) is 0 Å². The molecule has 1 aliphatic rings. The number of amides is 1. The van der Waals surface area contributed by atoms with Crippen LogP contribution in [0, 0.1) is 0 Å². The Morgan fingerprint density at radius 2 is 1.79 bits per heavy atom. The summed E-state index contributed by atoms with van der Waals surface area (Å²) in [4.78, 5) is 24.9. The molecule has 4 nitrogen and oxygen atoms in total. The Hall–Kier alpha value is -1.84. The van der Waals surface area contributed by atoms with Gasteiger partial charge in [-0.05, 0) is 25.0 Å². The topological polar surface area (TPSA) is 57.6 Å². The van der Waals surface area contributed by atoms with Crippen LogP contribution in [0.4, 0.5) is 5.69 Å². The molecule has 0 aromatic heterocycles. The predicted octanol–water partition coefficient (Wildman–Crippen LogP) is 3.07. The maximum Gasteiger partial charge on any atom is 0.337 e. The third-order valence-electron chi connectivity index (χ3n) is 3.67. The van der Waals surface area contributed by atoms with E-state index in [-0.39, 0.29) is 17.5 Å². The Kier molecular flexibility index (Phi) is 4.20. The smallest absolute Gasteiger partial charge is 0.337 e. The molecule has 4 heteroatoms. The number of hydrogen-bond acceptors (Lipinski definition) is 2. The molecule has 1 fully saturated rings. The lowest BCUT2D eigenvalue weighted by atomic mass is 9.93. The maximum atomic E-state index is 12.0. The largest absolute Gasteiger partial charge is 0.478 e. The standard InChI is InChI=1S/C15H19NO3/c1-11(17)16(12-7-3-2-4-8-12)14-10-6-5-9-13(14)15(18)19/h5-6,9-10,12H,2-4,7-8H2,1H3,(H,18,19). The lowest BCUT2D eigenvalue weighted by Gasteiger charge is -2.34. The van der Waals surface area contributed by atoms with Crippen molar-refractivity contribution in [2.45, 2.75) is 45.1 Å². The molecule has 19 heavy (non-hydrogen) atoms. The highest BCUT2D eigenvalue weighted by Gasteiger charge is 2.27. The molecule has 0 heterocycles. The normalized spacial score (nSPS) is 16.1. The van der Waals surface area contributed by atoms with Crippen molar-refractivity contribution < 1.29 is 14.7 Å². The van der Waals surface area contributed by atoms with E-state index in [0.29, 0.717) is 5.69 Å². The maximum absolute atomic E-state index is 12.0. The second kappa shape index (κ2) is 5.87. The molecule has 0 unspecified atom stereocenters. The molecule has 0 aliphatic heterocycles. The van der Waals surface area contributed by atoms with Crippen LogP contribution < -0.4 is 4.90 Å². The third kappa shape index (κ3) is 2.95. The molecule has 2 rings (SSSR count). The van der Waals surface area contributed by atoms with Gasteiger partial charge in [-0.25, -0.2) is 4.79 Å². The van der Waals surface area contributed by atoms with Gasteiger partial charge in [0.15, 0.2) is 0 Å². The van der Waals surface area contributed by atoms with Gasteiger partial charge in [-0.15, -0.1) is 0 Å². The van der Waals surface area contributed by atoms with Crippen molar-refractivity contribution >= 4 is 17.6 Å². The van der Waals surface area contributed by atoms with Gasteiger partial charge in [0.1, 0.15) is 0 Å². The van der Waals surface area contributed by atoms with Gasteiger partial charge in [0.05, 0.1) is 11.3 Å². The average Bonchev–Trinajstić information content (AvgIpc) is 2.40. The van der Waals surface area contributed by atoms with Gasteiger partial charge in [0.25, 0.3) is 0 Å². The highest BCUT2D eigenvalue weighted by molar-refractivity contribution is 6.01. The highest BCUT2D eigenvalue weighted by atomic mass is 16.4. The first-order valence-corrected chi connectivity index (χ1v) is 6.73. The van der Waals surface area contributed by atoms with Crippen LogP contribution in [0.15, 0.2) is 24.3 Å². The van der Waals surface area contributed by atoms with Gasteiger partial charge < -0.3 is 10.0 Å². The number of carbonyl (C=O) groups is 2. The number of rotatable bonds is 3. The Bertz CT molecular complexity index is 478. The van der Waals surface area contributed by atoms with Crippen LogP contribution in [0.3, 0.4) is 0 Å². The summed E-state index contributed by atoms with van der Waals surface area (Å²) in [7, 11) is 0. The predicted molar refractivity (Wildman–Crippen MR) is 73.4 cm³/mol. The van der Waals surface area contributed by atoms with E-state index in [9.17, 15) is 14.7 Å². The zero-order valence-corrected chi connectivity index (χ0v) is 11.1. The van der Waals surface area contributed by atoms with E-state index in [4.69, 9.17) is 0 Å². The van der Waals surface area contributed by atoms with E-state index in [1.807, 2.05) is 0 Å². The molecule has 0 atom stereocenters.